The van der Waals surface area contributed by atoms with Crippen molar-refractivity contribution in [3.05, 3.63) is 120 Å². The molecule has 2 heterocycles. The predicted octanol–water partition coefficient (Wildman–Crippen LogP) is 6.23. The Kier molecular flexibility index (Phi) is 6.29. The average molecular weight is 488 g/mol. The molecule has 1 atom stereocenters. The molecule has 4 aromatic rings. The van der Waals surface area contributed by atoms with Crippen molar-refractivity contribution >= 4 is 23.2 Å². The second-order valence-corrected chi connectivity index (χ2v) is 9.75. The fourth-order valence-corrected chi connectivity index (χ4v) is 5.54. The van der Waals surface area contributed by atoms with Gasteiger partial charge in [-0.15, -0.1) is 0 Å². The van der Waals surface area contributed by atoms with Crippen molar-refractivity contribution in [3.8, 4) is 11.1 Å². The SMILES string of the molecule is O=C(Nc1ccc(C(=O)N2C[C@H]3CCCN3Cc3ccccc32)cc1)c1ccccc1-c1ccccc1. The molecule has 4 aromatic carbocycles. The van der Waals surface area contributed by atoms with Crippen LogP contribution in [0.3, 0.4) is 0 Å². The van der Waals surface area contributed by atoms with Crippen LogP contribution in [-0.2, 0) is 6.54 Å². The van der Waals surface area contributed by atoms with Gasteiger partial charge in [0.2, 0.25) is 0 Å². The minimum atomic E-state index is -0.179. The molecule has 2 aliphatic heterocycles. The van der Waals surface area contributed by atoms with Crippen molar-refractivity contribution in [2.24, 2.45) is 0 Å². The van der Waals surface area contributed by atoms with E-state index in [1.165, 1.54) is 12.0 Å². The van der Waals surface area contributed by atoms with Crippen LogP contribution in [0.5, 0.6) is 0 Å². The standard InChI is InChI=1S/C32H29N3O2/c36-31(29-14-6-5-13-28(29)23-9-2-1-3-10-23)33-26-18-16-24(17-19-26)32(37)35-22-27-12-8-20-34(27)21-25-11-4-7-15-30(25)35/h1-7,9-11,13-19,27H,8,12,20-22H2,(H,33,36)/t27-/m1/s1. The molecular formula is C32H29N3O2. The number of benzene rings is 4. The summed E-state index contributed by atoms with van der Waals surface area (Å²) in [5.74, 6) is -0.185. The number of hydrogen-bond acceptors (Lipinski definition) is 3. The van der Waals surface area contributed by atoms with E-state index in [0.717, 1.165) is 36.3 Å². The Morgan fingerprint density at radius 2 is 1.51 bits per heavy atom. The predicted molar refractivity (Wildman–Crippen MR) is 148 cm³/mol. The van der Waals surface area contributed by atoms with E-state index in [-0.39, 0.29) is 11.8 Å². The Bertz CT molecular complexity index is 1430. The van der Waals surface area contributed by atoms with Gasteiger partial charge in [0.25, 0.3) is 11.8 Å². The first-order valence-corrected chi connectivity index (χ1v) is 12.9. The monoisotopic (exact) mass is 487 g/mol. The number of para-hydroxylation sites is 1. The van der Waals surface area contributed by atoms with Gasteiger partial charge < -0.3 is 10.2 Å². The van der Waals surface area contributed by atoms with Crippen LogP contribution in [0.4, 0.5) is 11.4 Å². The molecule has 1 N–H and O–H groups in total. The largest absolute Gasteiger partial charge is 0.322 e. The average Bonchev–Trinajstić information content (AvgIpc) is 3.32. The van der Waals surface area contributed by atoms with E-state index in [1.807, 2.05) is 89.8 Å². The molecule has 0 radical (unpaired) electrons. The molecule has 5 nitrogen and oxygen atoms in total. The Labute approximate surface area is 217 Å². The molecule has 184 valence electrons. The third kappa shape index (κ3) is 4.66. The lowest BCUT2D eigenvalue weighted by Gasteiger charge is -2.26. The van der Waals surface area contributed by atoms with Gasteiger partial charge in [-0.25, -0.2) is 0 Å². The summed E-state index contributed by atoms with van der Waals surface area (Å²) in [6.07, 6.45) is 2.30. The molecule has 2 amide bonds. The van der Waals surface area contributed by atoms with Gasteiger partial charge in [0.15, 0.2) is 0 Å². The number of amides is 2. The zero-order valence-corrected chi connectivity index (χ0v) is 20.6. The van der Waals surface area contributed by atoms with Gasteiger partial charge in [-0.3, -0.25) is 14.5 Å². The first-order valence-electron chi connectivity index (χ1n) is 12.9. The highest BCUT2D eigenvalue weighted by atomic mass is 16.2. The Morgan fingerprint density at radius 3 is 2.35 bits per heavy atom. The fourth-order valence-electron chi connectivity index (χ4n) is 5.54. The molecule has 0 bridgehead atoms. The summed E-state index contributed by atoms with van der Waals surface area (Å²) in [7, 11) is 0. The highest BCUT2D eigenvalue weighted by Crippen LogP contribution is 2.32. The lowest BCUT2D eigenvalue weighted by molar-refractivity contribution is 0.0980. The van der Waals surface area contributed by atoms with Gasteiger partial charge >= 0.3 is 0 Å². The number of anilines is 2. The molecule has 0 aromatic heterocycles. The molecule has 0 unspecified atom stereocenters. The number of nitrogens with zero attached hydrogens (tertiary/aromatic N) is 2. The molecule has 2 aliphatic rings. The van der Waals surface area contributed by atoms with Gasteiger partial charge in [-0.1, -0.05) is 66.7 Å². The van der Waals surface area contributed by atoms with Crippen LogP contribution in [0.1, 0.15) is 39.1 Å². The van der Waals surface area contributed by atoms with Crippen molar-refractivity contribution in [2.45, 2.75) is 25.4 Å². The van der Waals surface area contributed by atoms with Gasteiger partial charge in [0.1, 0.15) is 0 Å². The number of rotatable bonds is 4. The maximum Gasteiger partial charge on any atom is 0.258 e. The number of carbonyl (C=O) groups is 2. The first-order chi connectivity index (χ1) is 18.2. The van der Waals surface area contributed by atoms with E-state index < -0.39 is 0 Å². The second kappa shape index (κ2) is 10.0. The maximum atomic E-state index is 13.7. The van der Waals surface area contributed by atoms with E-state index in [0.29, 0.717) is 29.4 Å². The zero-order valence-electron chi connectivity index (χ0n) is 20.6. The molecular weight excluding hydrogens is 458 g/mol. The van der Waals surface area contributed by atoms with Gasteiger partial charge in [-0.05, 0) is 72.5 Å². The Morgan fingerprint density at radius 1 is 0.784 bits per heavy atom. The smallest absolute Gasteiger partial charge is 0.258 e. The van der Waals surface area contributed by atoms with E-state index in [1.54, 1.807) is 12.1 Å². The van der Waals surface area contributed by atoms with Crippen LogP contribution < -0.4 is 10.2 Å². The molecule has 0 saturated carbocycles. The second-order valence-electron chi connectivity index (χ2n) is 9.75. The van der Waals surface area contributed by atoms with Crippen molar-refractivity contribution < 1.29 is 9.59 Å². The summed E-state index contributed by atoms with van der Waals surface area (Å²) in [5, 5.41) is 3.00. The van der Waals surface area contributed by atoms with E-state index >= 15 is 0 Å². The molecule has 0 aliphatic carbocycles. The lowest BCUT2D eigenvalue weighted by atomic mass is 9.99. The summed E-state index contributed by atoms with van der Waals surface area (Å²) < 4.78 is 0. The molecule has 6 rings (SSSR count). The zero-order chi connectivity index (χ0) is 25.2. The molecule has 0 spiro atoms. The summed E-state index contributed by atoms with van der Waals surface area (Å²) in [6.45, 7) is 2.67. The minimum absolute atomic E-state index is 0.00602. The van der Waals surface area contributed by atoms with Crippen molar-refractivity contribution in [2.75, 3.05) is 23.3 Å². The number of hydrogen-bond donors (Lipinski definition) is 1. The van der Waals surface area contributed by atoms with Crippen LogP contribution >= 0.6 is 0 Å². The number of fused-ring (bicyclic) bond motifs is 2. The molecule has 1 fully saturated rings. The highest BCUT2D eigenvalue weighted by Gasteiger charge is 2.33. The van der Waals surface area contributed by atoms with Crippen molar-refractivity contribution in [1.29, 1.82) is 0 Å². The summed E-state index contributed by atoms with van der Waals surface area (Å²) in [6, 6.07) is 33.3. The molecule has 5 heteroatoms. The van der Waals surface area contributed by atoms with Gasteiger partial charge in [-0.2, -0.15) is 0 Å². The van der Waals surface area contributed by atoms with Crippen LogP contribution in [0, 0.1) is 0 Å². The van der Waals surface area contributed by atoms with Crippen LogP contribution in [0.15, 0.2) is 103 Å². The lowest BCUT2D eigenvalue weighted by Crippen LogP contribution is -2.40. The number of nitrogens with one attached hydrogen (secondary N) is 1. The van der Waals surface area contributed by atoms with Gasteiger partial charge in [0, 0.05) is 41.6 Å². The van der Waals surface area contributed by atoms with Crippen LogP contribution in [0.2, 0.25) is 0 Å². The summed E-state index contributed by atoms with van der Waals surface area (Å²) >= 11 is 0. The van der Waals surface area contributed by atoms with Crippen LogP contribution in [-0.4, -0.2) is 35.8 Å². The third-order valence-electron chi connectivity index (χ3n) is 7.44. The summed E-state index contributed by atoms with van der Waals surface area (Å²) in [5.41, 5.74) is 5.95. The number of carbonyl (C=O) groups excluding carboxylic acids is 2. The van der Waals surface area contributed by atoms with Crippen LogP contribution in [0.25, 0.3) is 11.1 Å². The normalized spacial score (nSPS) is 17.0. The Hall–Kier alpha value is -4.22. The topological polar surface area (TPSA) is 52.7 Å². The summed E-state index contributed by atoms with van der Waals surface area (Å²) in [4.78, 5) is 31.3. The van der Waals surface area contributed by atoms with Crippen molar-refractivity contribution in [1.82, 2.24) is 4.90 Å². The first kappa shape index (κ1) is 23.2. The maximum absolute atomic E-state index is 13.7. The fraction of sp³-hybridized carbons (Fsp3) is 0.188. The highest BCUT2D eigenvalue weighted by molar-refractivity contribution is 6.09. The minimum Gasteiger partial charge on any atom is -0.322 e. The van der Waals surface area contributed by atoms with E-state index in [9.17, 15) is 9.59 Å². The quantitative estimate of drug-likeness (QED) is 0.371. The Balaban J connectivity index is 1.22. The van der Waals surface area contributed by atoms with Crippen molar-refractivity contribution in [3.63, 3.8) is 0 Å². The molecule has 1 saturated heterocycles. The van der Waals surface area contributed by atoms with E-state index in [4.69, 9.17) is 0 Å². The molecule has 37 heavy (non-hydrogen) atoms. The van der Waals surface area contributed by atoms with Gasteiger partial charge in [0.05, 0.1) is 0 Å². The third-order valence-corrected chi connectivity index (χ3v) is 7.44. The van der Waals surface area contributed by atoms with E-state index in [2.05, 4.69) is 16.3 Å².